The van der Waals surface area contributed by atoms with Crippen molar-refractivity contribution in [2.24, 2.45) is 0 Å². The minimum atomic E-state index is -0.122. The summed E-state index contributed by atoms with van der Waals surface area (Å²) in [5.41, 5.74) is 19.2. The Morgan fingerprint density at radius 1 is 0.439 bits per heavy atom. The van der Waals surface area contributed by atoms with Gasteiger partial charge in [0.25, 0.3) is 0 Å². The standard InChI is InChI=1S/C54H42N2O/c1-53(2)44-22-11-9-19-42(44)51-45(53)23-15-25-48(51)55(38-32-33-41-40-18-8-10-21-43(40)54(3,4)46(41)34-38)37-30-28-35(29-31-37)39-20-14-26-49-52(39)57-50-27-13-12-24-47(50)56(49)36-16-6-5-7-17-36/h5-34H,1-4H3. The lowest BCUT2D eigenvalue weighted by atomic mass is 9.82. The van der Waals surface area contributed by atoms with Gasteiger partial charge < -0.3 is 14.5 Å². The molecular formula is C54H42N2O. The van der Waals surface area contributed by atoms with Crippen molar-refractivity contribution in [2.75, 3.05) is 9.80 Å². The van der Waals surface area contributed by atoms with E-state index in [-0.39, 0.29) is 10.8 Å². The fourth-order valence-corrected chi connectivity index (χ4v) is 9.83. The Morgan fingerprint density at radius 2 is 1.02 bits per heavy atom. The molecule has 0 saturated carbocycles. The first-order valence-corrected chi connectivity index (χ1v) is 19.9. The average molecular weight is 735 g/mol. The second-order valence-electron chi connectivity index (χ2n) is 16.5. The number of hydrogen-bond donors (Lipinski definition) is 0. The van der Waals surface area contributed by atoms with Gasteiger partial charge in [0.15, 0.2) is 11.5 Å². The van der Waals surface area contributed by atoms with Crippen molar-refractivity contribution in [2.45, 2.75) is 38.5 Å². The molecule has 11 rings (SSSR count). The molecule has 1 heterocycles. The van der Waals surface area contributed by atoms with Gasteiger partial charge in [-0.15, -0.1) is 0 Å². The zero-order valence-electron chi connectivity index (χ0n) is 32.6. The quantitative estimate of drug-likeness (QED) is 0.175. The first kappa shape index (κ1) is 33.5. The van der Waals surface area contributed by atoms with Crippen LogP contribution >= 0.6 is 0 Å². The van der Waals surface area contributed by atoms with E-state index < -0.39 is 0 Å². The summed E-state index contributed by atoms with van der Waals surface area (Å²) < 4.78 is 6.77. The van der Waals surface area contributed by atoms with E-state index in [4.69, 9.17) is 4.74 Å². The van der Waals surface area contributed by atoms with Crippen LogP contribution in [0.2, 0.25) is 0 Å². The van der Waals surface area contributed by atoms with E-state index in [0.717, 1.165) is 51.1 Å². The van der Waals surface area contributed by atoms with Crippen molar-refractivity contribution < 1.29 is 4.74 Å². The summed E-state index contributed by atoms with van der Waals surface area (Å²) in [5.74, 6) is 1.69. The Morgan fingerprint density at radius 3 is 1.82 bits per heavy atom. The van der Waals surface area contributed by atoms with Crippen LogP contribution in [-0.4, -0.2) is 0 Å². The fraction of sp³-hybridized carbons (Fsp3) is 0.111. The Hall–Kier alpha value is -6.84. The Labute approximate surface area is 335 Å². The van der Waals surface area contributed by atoms with Crippen molar-refractivity contribution in [1.82, 2.24) is 0 Å². The second kappa shape index (κ2) is 12.3. The van der Waals surface area contributed by atoms with Gasteiger partial charge in [0, 0.05) is 39.0 Å². The number of ether oxygens (including phenoxy) is 1. The molecule has 8 aromatic carbocycles. The molecule has 0 aromatic heterocycles. The summed E-state index contributed by atoms with van der Waals surface area (Å²) >= 11 is 0. The van der Waals surface area contributed by atoms with Crippen LogP contribution in [0.3, 0.4) is 0 Å². The zero-order valence-corrected chi connectivity index (χ0v) is 32.6. The lowest BCUT2D eigenvalue weighted by Crippen LogP contribution is -2.17. The predicted octanol–water partition coefficient (Wildman–Crippen LogP) is 15.0. The minimum Gasteiger partial charge on any atom is -0.452 e. The largest absolute Gasteiger partial charge is 0.452 e. The average Bonchev–Trinajstić information content (AvgIpc) is 3.63. The molecule has 57 heavy (non-hydrogen) atoms. The van der Waals surface area contributed by atoms with Crippen molar-refractivity contribution in [1.29, 1.82) is 0 Å². The number of benzene rings is 8. The van der Waals surface area contributed by atoms with Gasteiger partial charge in [0.2, 0.25) is 0 Å². The van der Waals surface area contributed by atoms with Gasteiger partial charge in [-0.2, -0.15) is 0 Å². The number of anilines is 6. The van der Waals surface area contributed by atoms with Gasteiger partial charge >= 0.3 is 0 Å². The SMILES string of the molecule is CC1(C)c2ccccc2-c2ccc(N(c3ccc(-c4cccc5c4Oc4ccccc4N5c4ccccc4)cc3)c3cccc4c3-c3ccccc3C4(C)C)cc21. The highest BCUT2D eigenvalue weighted by atomic mass is 16.5. The summed E-state index contributed by atoms with van der Waals surface area (Å²) in [7, 11) is 0. The van der Waals surface area contributed by atoms with Crippen molar-refractivity contribution in [3.63, 3.8) is 0 Å². The van der Waals surface area contributed by atoms with E-state index in [2.05, 4.69) is 213 Å². The molecule has 274 valence electrons. The molecule has 0 amide bonds. The van der Waals surface area contributed by atoms with E-state index in [1.165, 1.54) is 50.2 Å². The molecular weight excluding hydrogens is 693 g/mol. The highest BCUT2D eigenvalue weighted by Gasteiger charge is 2.39. The normalized spacial score (nSPS) is 14.7. The maximum absolute atomic E-state index is 6.77. The number of para-hydroxylation sites is 4. The maximum Gasteiger partial charge on any atom is 0.159 e. The minimum absolute atomic E-state index is 0.113. The van der Waals surface area contributed by atoms with E-state index in [1.54, 1.807) is 0 Å². The highest BCUT2D eigenvalue weighted by Crippen LogP contribution is 2.57. The summed E-state index contributed by atoms with van der Waals surface area (Å²) in [6.45, 7) is 9.43. The van der Waals surface area contributed by atoms with Gasteiger partial charge in [0.05, 0.1) is 17.1 Å². The predicted molar refractivity (Wildman–Crippen MR) is 236 cm³/mol. The molecule has 0 radical (unpaired) electrons. The van der Waals surface area contributed by atoms with Gasteiger partial charge in [-0.1, -0.05) is 149 Å². The molecule has 0 N–H and O–H groups in total. The number of fused-ring (bicyclic) bond motifs is 8. The van der Waals surface area contributed by atoms with Crippen LogP contribution in [-0.2, 0) is 10.8 Å². The lowest BCUT2D eigenvalue weighted by molar-refractivity contribution is 0.479. The van der Waals surface area contributed by atoms with Gasteiger partial charge in [-0.25, -0.2) is 0 Å². The molecule has 8 aromatic rings. The molecule has 0 atom stereocenters. The van der Waals surface area contributed by atoms with Crippen LogP contribution in [0, 0.1) is 0 Å². The molecule has 0 bridgehead atoms. The van der Waals surface area contributed by atoms with Crippen molar-refractivity contribution in [3.8, 4) is 44.9 Å². The first-order chi connectivity index (χ1) is 27.8. The smallest absolute Gasteiger partial charge is 0.159 e. The topological polar surface area (TPSA) is 15.7 Å². The Bertz CT molecular complexity index is 2890. The maximum atomic E-state index is 6.77. The van der Waals surface area contributed by atoms with Crippen LogP contribution in [0.5, 0.6) is 11.5 Å². The van der Waals surface area contributed by atoms with Crippen LogP contribution in [0.1, 0.15) is 49.9 Å². The molecule has 0 spiro atoms. The summed E-state index contributed by atoms with van der Waals surface area (Å²) in [4.78, 5) is 4.78. The molecule has 3 heteroatoms. The monoisotopic (exact) mass is 734 g/mol. The summed E-state index contributed by atoms with van der Waals surface area (Å²) in [5, 5.41) is 0. The van der Waals surface area contributed by atoms with Crippen molar-refractivity contribution >= 4 is 34.1 Å². The third kappa shape index (κ3) is 4.91. The van der Waals surface area contributed by atoms with Crippen molar-refractivity contribution in [3.05, 3.63) is 204 Å². The van der Waals surface area contributed by atoms with E-state index in [0.29, 0.717) is 0 Å². The molecule has 3 nitrogen and oxygen atoms in total. The van der Waals surface area contributed by atoms with Gasteiger partial charge in [-0.05, 0) is 105 Å². The zero-order chi connectivity index (χ0) is 38.5. The fourth-order valence-electron chi connectivity index (χ4n) is 9.83. The molecule has 2 aliphatic carbocycles. The van der Waals surface area contributed by atoms with Crippen LogP contribution in [0.4, 0.5) is 34.1 Å². The number of nitrogens with zero attached hydrogens (tertiary/aromatic N) is 2. The summed E-state index contributed by atoms with van der Waals surface area (Å²) in [6.07, 6.45) is 0. The first-order valence-electron chi connectivity index (χ1n) is 19.9. The second-order valence-corrected chi connectivity index (χ2v) is 16.5. The molecule has 0 unspecified atom stereocenters. The highest BCUT2D eigenvalue weighted by molar-refractivity contribution is 5.97. The van der Waals surface area contributed by atoms with E-state index in [1.807, 2.05) is 6.07 Å². The van der Waals surface area contributed by atoms with Gasteiger partial charge in [-0.3, -0.25) is 0 Å². The van der Waals surface area contributed by atoms with Crippen LogP contribution in [0.15, 0.2) is 182 Å². The van der Waals surface area contributed by atoms with E-state index in [9.17, 15) is 0 Å². The Kier molecular flexibility index (Phi) is 7.25. The van der Waals surface area contributed by atoms with Gasteiger partial charge in [0.1, 0.15) is 0 Å². The lowest BCUT2D eigenvalue weighted by Gasteiger charge is -2.34. The number of hydrogen-bond acceptors (Lipinski definition) is 3. The molecule has 0 fully saturated rings. The molecule has 1 aliphatic heterocycles. The Balaban J connectivity index is 1.07. The molecule has 0 saturated heterocycles. The number of rotatable bonds is 5. The third-order valence-corrected chi connectivity index (χ3v) is 12.7. The summed E-state index contributed by atoms with van der Waals surface area (Å²) in [6, 6.07) is 66.1. The van der Waals surface area contributed by atoms with Crippen LogP contribution in [0.25, 0.3) is 33.4 Å². The molecule has 3 aliphatic rings. The van der Waals surface area contributed by atoms with E-state index >= 15 is 0 Å². The van der Waals surface area contributed by atoms with Crippen LogP contribution < -0.4 is 14.5 Å². The third-order valence-electron chi connectivity index (χ3n) is 12.7.